The molecule has 112 valence electrons. The third kappa shape index (κ3) is 2.98. The number of carbonyl (C=O) groups excluding carboxylic acids is 1. The highest BCUT2D eigenvalue weighted by Crippen LogP contribution is 2.17. The van der Waals surface area contributed by atoms with Gasteiger partial charge in [-0.25, -0.2) is 9.37 Å². The SMILES string of the molecule is Cc1nc2ccc(CCNC(=O)c3ccccc3F)cc2o1. The van der Waals surface area contributed by atoms with Crippen molar-refractivity contribution in [1.82, 2.24) is 10.3 Å². The van der Waals surface area contributed by atoms with E-state index in [0.717, 1.165) is 16.7 Å². The number of aryl methyl sites for hydroxylation is 1. The molecule has 1 N–H and O–H groups in total. The molecule has 2 aromatic carbocycles. The molecule has 0 aliphatic carbocycles. The predicted molar refractivity (Wildman–Crippen MR) is 81.2 cm³/mol. The van der Waals surface area contributed by atoms with Crippen molar-refractivity contribution in [3.8, 4) is 0 Å². The van der Waals surface area contributed by atoms with E-state index in [0.29, 0.717) is 18.9 Å². The Morgan fingerprint density at radius 1 is 1.27 bits per heavy atom. The Bertz CT molecular complexity index is 826. The summed E-state index contributed by atoms with van der Waals surface area (Å²) in [5.74, 6) is -0.298. The summed E-state index contributed by atoms with van der Waals surface area (Å²) in [5, 5.41) is 2.72. The highest BCUT2D eigenvalue weighted by Gasteiger charge is 2.10. The molecule has 0 radical (unpaired) electrons. The van der Waals surface area contributed by atoms with E-state index in [9.17, 15) is 9.18 Å². The fraction of sp³-hybridized carbons (Fsp3) is 0.176. The second-order valence-corrected chi connectivity index (χ2v) is 5.02. The van der Waals surface area contributed by atoms with Gasteiger partial charge < -0.3 is 9.73 Å². The van der Waals surface area contributed by atoms with Gasteiger partial charge in [0.2, 0.25) is 0 Å². The van der Waals surface area contributed by atoms with Crippen LogP contribution in [-0.4, -0.2) is 17.4 Å². The number of aromatic nitrogens is 1. The minimum absolute atomic E-state index is 0.0591. The van der Waals surface area contributed by atoms with Gasteiger partial charge in [-0.3, -0.25) is 4.79 Å². The molecule has 1 amide bonds. The topological polar surface area (TPSA) is 55.1 Å². The summed E-state index contributed by atoms with van der Waals surface area (Å²) < 4.78 is 19.0. The smallest absolute Gasteiger partial charge is 0.254 e. The number of rotatable bonds is 4. The highest BCUT2D eigenvalue weighted by molar-refractivity contribution is 5.94. The van der Waals surface area contributed by atoms with Crippen LogP contribution in [0.3, 0.4) is 0 Å². The van der Waals surface area contributed by atoms with Crippen molar-refractivity contribution >= 4 is 17.0 Å². The van der Waals surface area contributed by atoms with E-state index < -0.39 is 11.7 Å². The molecule has 0 fully saturated rings. The van der Waals surface area contributed by atoms with Gasteiger partial charge in [-0.15, -0.1) is 0 Å². The van der Waals surface area contributed by atoms with Crippen LogP contribution in [0.5, 0.6) is 0 Å². The van der Waals surface area contributed by atoms with E-state index in [1.807, 2.05) is 18.2 Å². The summed E-state index contributed by atoms with van der Waals surface area (Å²) >= 11 is 0. The summed E-state index contributed by atoms with van der Waals surface area (Å²) in [6.45, 7) is 2.22. The van der Waals surface area contributed by atoms with Crippen LogP contribution >= 0.6 is 0 Å². The van der Waals surface area contributed by atoms with E-state index in [1.54, 1.807) is 19.1 Å². The molecule has 1 heterocycles. The molecule has 4 nitrogen and oxygen atoms in total. The first kappa shape index (κ1) is 14.3. The summed E-state index contributed by atoms with van der Waals surface area (Å²) in [5.41, 5.74) is 2.63. The lowest BCUT2D eigenvalue weighted by Gasteiger charge is -2.06. The third-order valence-electron chi connectivity index (χ3n) is 3.38. The first-order valence-electron chi connectivity index (χ1n) is 7.02. The van der Waals surface area contributed by atoms with Crippen LogP contribution in [0.15, 0.2) is 46.9 Å². The Hall–Kier alpha value is -2.69. The standard InChI is InChI=1S/C17H15FN2O2/c1-11-20-15-7-6-12(10-16(15)22-11)8-9-19-17(21)13-4-2-3-5-14(13)18/h2-7,10H,8-9H2,1H3,(H,19,21). The summed E-state index contributed by atoms with van der Waals surface area (Å²) in [4.78, 5) is 16.1. The quantitative estimate of drug-likeness (QED) is 0.804. The number of hydrogen-bond acceptors (Lipinski definition) is 3. The van der Waals surface area contributed by atoms with Crippen molar-refractivity contribution in [3.63, 3.8) is 0 Å². The second kappa shape index (κ2) is 5.97. The molecule has 0 saturated carbocycles. The van der Waals surface area contributed by atoms with Gasteiger partial charge in [-0.1, -0.05) is 18.2 Å². The number of carbonyl (C=O) groups is 1. The maximum absolute atomic E-state index is 13.5. The minimum atomic E-state index is -0.515. The number of benzene rings is 2. The van der Waals surface area contributed by atoms with Gasteiger partial charge in [0.1, 0.15) is 11.3 Å². The van der Waals surface area contributed by atoms with Gasteiger partial charge in [-0.2, -0.15) is 0 Å². The van der Waals surface area contributed by atoms with Crippen LogP contribution in [0.4, 0.5) is 4.39 Å². The molecular weight excluding hydrogens is 283 g/mol. The molecule has 0 bridgehead atoms. The first-order valence-corrected chi connectivity index (χ1v) is 7.02. The van der Waals surface area contributed by atoms with Crippen LogP contribution in [0.2, 0.25) is 0 Å². The molecule has 3 aromatic rings. The fourth-order valence-electron chi connectivity index (χ4n) is 2.30. The largest absolute Gasteiger partial charge is 0.441 e. The van der Waals surface area contributed by atoms with Gasteiger partial charge in [0, 0.05) is 13.5 Å². The Morgan fingerprint density at radius 3 is 2.91 bits per heavy atom. The van der Waals surface area contributed by atoms with E-state index >= 15 is 0 Å². The van der Waals surface area contributed by atoms with Gasteiger partial charge in [0.25, 0.3) is 5.91 Å². The lowest BCUT2D eigenvalue weighted by Crippen LogP contribution is -2.26. The van der Waals surface area contributed by atoms with Crippen LogP contribution in [-0.2, 0) is 6.42 Å². The summed E-state index contributed by atoms with van der Waals surface area (Å²) in [7, 11) is 0. The molecule has 0 aliphatic rings. The Morgan fingerprint density at radius 2 is 2.09 bits per heavy atom. The average molecular weight is 298 g/mol. The molecule has 0 saturated heterocycles. The Kier molecular flexibility index (Phi) is 3.87. The van der Waals surface area contributed by atoms with Crippen molar-refractivity contribution in [2.45, 2.75) is 13.3 Å². The lowest BCUT2D eigenvalue weighted by molar-refractivity contribution is 0.0950. The molecule has 0 atom stereocenters. The summed E-state index contributed by atoms with van der Waals surface area (Å²) in [6, 6.07) is 11.7. The van der Waals surface area contributed by atoms with Gasteiger partial charge in [0.15, 0.2) is 11.5 Å². The maximum Gasteiger partial charge on any atom is 0.254 e. The lowest BCUT2D eigenvalue weighted by atomic mass is 10.1. The van der Waals surface area contributed by atoms with E-state index in [1.165, 1.54) is 12.1 Å². The molecule has 0 aliphatic heterocycles. The third-order valence-corrected chi connectivity index (χ3v) is 3.38. The zero-order valence-electron chi connectivity index (χ0n) is 12.1. The Balaban J connectivity index is 1.62. The number of nitrogens with zero attached hydrogens (tertiary/aromatic N) is 1. The first-order chi connectivity index (χ1) is 10.6. The van der Waals surface area contributed by atoms with E-state index in [2.05, 4.69) is 10.3 Å². The minimum Gasteiger partial charge on any atom is -0.441 e. The number of halogens is 1. The summed E-state index contributed by atoms with van der Waals surface area (Å²) in [6.07, 6.45) is 0.635. The number of oxazole rings is 1. The van der Waals surface area contributed by atoms with Gasteiger partial charge in [-0.05, 0) is 36.2 Å². The number of hydrogen-bond donors (Lipinski definition) is 1. The van der Waals surface area contributed by atoms with Crippen LogP contribution in [0, 0.1) is 12.7 Å². The maximum atomic E-state index is 13.5. The zero-order chi connectivity index (χ0) is 15.5. The van der Waals surface area contributed by atoms with E-state index in [4.69, 9.17) is 4.42 Å². The molecule has 5 heteroatoms. The normalized spacial score (nSPS) is 10.8. The average Bonchev–Trinajstić information content (AvgIpc) is 2.87. The number of fused-ring (bicyclic) bond motifs is 1. The predicted octanol–water partition coefficient (Wildman–Crippen LogP) is 3.25. The van der Waals surface area contributed by atoms with E-state index in [-0.39, 0.29) is 5.56 Å². The molecule has 1 aromatic heterocycles. The Labute approximate surface area is 127 Å². The second-order valence-electron chi connectivity index (χ2n) is 5.02. The molecule has 3 rings (SSSR count). The van der Waals surface area contributed by atoms with Crippen molar-refractivity contribution in [3.05, 3.63) is 65.3 Å². The van der Waals surface area contributed by atoms with Crippen LogP contribution in [0.1, 0.15) is 21.8 Å². The van der Waals surface area contributed by atoms with Crippen molar-refractivity contribution in [1.29, 1.82) is 0 Å². The fourth-order valence-corrected chi connectivity index (χ4v) is 2.30. The van der Waals surface area contributed by atoms with Crippen molar-refractivity contribution in [2.24, 2.45) is 0 Å². The monoisotopic (exact) mass is 298 g/mol. The molecule has 22 heavy (non-hydrogen) atoms. The van der Waals surface area contributed by atoms with Gasteiger partial charge in [0.05, 0.1) is 5.56 Å². The van der Waals surface area contributed by atoms with Crippen molar-refractivity contribution < 1.29 is 13.6 Å². The molecule has 0 unspecified atom stereocenters. The highest BCUT2D eigenvalue weighted by atomic mass is 19.1. The zero-order valence-corrected chi connectivity index (χ0v) is 12.1. The number of amides is 1. The van der Waals surface area contributed by atoms with Crippen LogP contribution < -0.4 is 5.32 Å². The molecular formula is C17H15FN2O2. The molecule has 0 spiro atoms. The van der Waals surface area contributed by atoms with Crippen LogP contribution in [0.25, 0.3) is 11.1 Å². The number of nitrogens with one attached hydrogen (secondary N) is 1. The van der Waals surface area contributed by atoms with Gasteiger partial charge >= 0.3 is 0 Å². The van der Waals surface area contributed by atoms with Crippen molar-refractivity contribution in [2.75, 3.05) is 6.54 Å².